The summed E-state index contributed by atoms with van der Waals surface area (Å²) in [5, 5.41) is 11.0. The predicted octanol–water partition coefficient (Wildman–Crippen LogP) is 1.73. The molecule has 0 aromatic carbocycles. The molecule has 3 nitrogen and oxygen atoms in total. The van der Waals surface area contributed by atoms with Gasteiger partial charge in [-0.05, 0) is 20.0 Å². The fraction of sp³-hybridized carbons (Fsp3) is 0.875. The normalized spacial score (nSPS) is 8.27. The second-order valence-corrected chi connectivity index (χ2v) is 2.31. The highest BCUT2D eigenvalue weighted by Crippen LogP contribution is 1.83. The molecule has 2 N–H and O–H groups in total. The van der Waals surface area contributed by atoms with Crippen molar-refractivity contribution in [2.24, 2.45) is 0 Å². The molecule has 0 aromatic rings. The molecule has 0 aliphatic rings. The molecule has 3 heteroatoms. The lowest BCUT2D eigenvalue weighted by Crippen LogP contribution is -2.09. The van der Waals surface area contributed by atoms with E-state index < -0.39 is 5.97 Å². The van der Waals surface area contributed by atoms with E-state index in [1.54, 1.807) is 0 Å². The van der Waals surface area contributed by atoms with E-state index in [9.17, 15) is 4.79 Å². The maximum atomic E-state index is 9.85. The number of hydrogen-bond donors (Lipinski definition) is 2. The third-order valence-electron chi connectivity index (χ3n) is 0.817. The first-order valence-corrected chi connectivity index (χ1v) is 4.05. The zero-order valence-corrected chi connectivity index (χ0v) is 7.68. The standard InChI is InChI=1S/C5H11NO2.C3H8.H2/c1-6-4-2-3-5(7)8;1-3-2;/h6H,2-4H2,1H3,(H,7,8);3H2,1-2H3;1H. The van der Waals surface area contributed by atoms with Crippen LogP contribution in [0.1, 0.15) is 34.5 Å². The van der Waals surface area contributed by atoms with Crippen LogP contribution in [0.2, 0.25) is 0 Å². The van der Waals surface area contributed by atoms with Crippen LogP contribution < -0.4 is 5.32 Å². The van der Waals surface area contributed by atoms with Crippen LogP contribution in [-0.4, -0.2) is 24.7 Å². The molecule has 0 bridgehead atoms. The van der Waals surface area contributed by atoms with Crippen LogP contribution in [0.5, 0.6) is 0 Å². The number of carboxylic acids is 1. The van der Waals surface area contributed by atoms with Crippen LogP contribution in [-0.2, 0) is 4.79 Å². The van der Waals surface area contributed by atoms with Crippen molar-refractivity contribution < 1.29 is 11.3 Å². The van der Waals surface area contributed by atoms with Gasteiger partial charge >= 0.3 is 5.97 Å². The zero-order valence-electron chi connectivity index (χ0n) is 7.68. The van der Waals surface area contributed by atoms with E-state index in [0.717, 1.165) is 6.54 Å². The molecule has 0 saturated carbocycles. The van der Waals surface area contributed by atoms with Crippen molar-refractivity contribution >= 4 is 5.97 Å². The lowest BCUT2D eigenvalue weighted by Gasteiger charge is -1.92. The molecule has 0 unspecified atom stereocenters. The summed E-state index contributed by atoms with van der Waals surface area (Å²) >= 11 is 0. The van der Waals surface area contributed by atoms with Crippen molar-refractivity contribution in [1.29, 1.82) is 0 Å². The minimum absolute atomic E-state index is 0. The van der Waals surface area contributed by atoms with Crippen LogP contribution in [0.3, 0.4) is 0 Å². The Morgan fingerprint density at radius 2 is 2.00 bits per heavy atom. The van der Waals surface area contributed by atoms with E-state index in [4.69, 9.17) is 5.11 Å². The van der Waals surface area contributed by atoms with Gasteiger partial charge in [0.05, 0.1) is 0 Å². The number of hydrogen-bond acceptors (Lipinski definition) is 2. The Bertz CT molecular complexity index is 89.1. The molecule has 0 rings (SSSR count). The summed E-state index contributed by atoms with van der Waals surface area (Å²) in [6.45, 7) is 5.03. The monoisotopic (exact) mass is 163 g/mol. The summed E-state index contributed by atoms with van der Waals surface area (Å²) < 4.78 is 0. The Morgan fingerprint density at radius 3 is 2.27 bits per heavy atom. The molecule has 0 saturated heterocycles. The minimum atomic E-state index is -0.722. The molecular weight excluding hydrogens is 142 g/mol. The van der Waals surface area contributed by atoms with E-state index in [0.29, 0.717) is 6.42 Å². The topological polar surface area (TPSA) is 49.3 Å². The third kappa shape index (κ3) is 26.5. The van der Waals surface area contributed by atoms with Crippen molar-refractivity contribution in [2.75, 3.05) is 13.6 Å². The predicted molar refractivity (Wildman–Crippen MR) is 48.9 cm³/mol. The van der Waals surface area contributed by atoms with Gasteiger partial charge in [-0.2, -0.15) is 0 Å². The molecule has 0 aliphatic carbocycles. The van der Waals surface area contributed by atoms with Gasteiger partial charge in [0.2, 0.25) is 0 Å². The fourth-order valence-electron chi connectivity index (χ4n) is 0.416. The molecule has 0 heterocycles. The highest BCUT2D eigenvalue weighted by Gasteiger charge is 1.92. The van der Waals surface area contributed by atoms with Gasteiger partial charge in [-0.25, -0.2) is 0 Å². The molecule has 0 amide bonds. The van der Waals surface area contributed by atoms with Crippen molar-refractivity contribution in [3.05, 3.63) is 0 Å². The highest BCUT2D eigenvalue weighted by atomic mass is 16.4. The van der Waals surface area contributed by atoms with Gasteiger partial charge in [-0.1, -0.05) is 20.3 Å². The SMILES string of the molecule is CCC.CNCCCC(=O)O.[HH]. The van der Waals surface area contributed by atoms with E-state index >= 15 is 0 Å². The Morgan fingerprint density at radius 1 is 1.55 bits per heavy atom. The minimum Gasteiger partial charge on any atom is -0.481 e. The molecule has 0 fully saturated rings. The molecule has 0 atom stereocenters. The van der Waals surface area contributed by atoms with Gasteiger partial charge in [-0.15, -0.1) is 0 Å². The second kappa shape index (κ2) is 12.1. The largest absolute Gasteiger partial charge is 0.481 e. The number of carbonyl (C=O) groups is 1. The van der Waals surface area contributed by atoms with Gasteiger partial charge in [0.1, 0.15) is 0 Å². The summed E-state index contributed by atoms with van der Waals surface area (Å²) in [5.41, 5.74) is 0. The van der Waals surface area contributed by atoms with Gasteiger partial charge in [-0.3, -0.25) is 4.79 Å². The summed E-state index contributed by atoms with van der Waals surface area (Å²) in [6.07, 6.45) is 2.23. The highest BCUT2D eigenvalue weighted by molar-refractivity contribution is 5.66. The first-order chi connectivity index (χ1) is 5.18. The Kier molecular flexibility index (Phi) is 14.4. The average molecular weight is 163 g/mol. The summed E-state index contributed by atoms with van der Waals surface area (Å²) in [6, 6.07) is 0. The number of nitrogens with one attached hydrogen (secondary N) is 1. The second-order valence-electron chi connectivity index (χ2n) is 2.31. The van der Waals surface area contributed by atoms with Crippen LogP contribution in [0.25, 0.3) is 0 Å². The van der Waals surface area contributed by atoms with Crippen molar-refractivity contribution in [2.45, 2.75) is 33.1 Å². The van der Waals surface area contributed by atoms with E-state index in [1.165, 1.54) is 6.42 Å². The Balaban J connectivity index is -0.000000177. The van der Waals surface area contributed by atoms with E-state index in [-0.39, 0.29) is 7.85 Å². The van der Waals surface area contributed by atoms with Crippen molar-refractivity contribution in [1.82, 2.24) is 5.32 Å². The summed E-state index contributed by atoms with van der Waals surface area (Å²) in [4.78, 5) is 9.85. The van der Waals surface area contributed by atoms with Gasteiger partial charge in [0, 0.05) is 7.85 Å². The molecule has 0 radical (unpaired) electrons. The van der Waals surface area contributed by atoms with Crippen LogP contribution in [0, 0.1) is 0 Å². The zero-order chi connectivity index (χ0) is 9.11. The molecule has 0 aromatic heterocycles. The lowest BCUT2D eigenvalue weighted by molar-refractivity contribution is -0.137. The molecule has 11 heavy (non-hydrogen) atoms. The lowest BCUT2D eigenvalue weighted by atomic mass is 10.3. The smallest absolute Gasteiger partial charge is 0.303 e. The Labute approximate surface area is 70.3 Å². The number of carboxylic acid groups (broad SMARTS) is 1. The average Bonchev–Trinajstić information content (AvgIpc) is 1.89. The Hall–Kier alpha value is -0.570. The van der Waals surface area contributed by atoms with Crippen molar-refractivity contribution in [3.8, 4) is 0 Å². The molecule has 0 aliphatic heterocycles. The first kappa shape index (κ1) is 13.1. The van der Waals surface area contributed by atoms with Crippen molar-refractivity contribution in [3.63, 3.8) is 0 Å². The molecule has 70 valence electrons. The summed E-state index contributed by atoms with van der Waals surface area (Å²) in [7, 11) is 1.81. The van der Waals surface area contributed by atoms with Crippen LogP contribution in [0.15, 0.2) is 0 Å². The van der Waals surface area contributed by atoms with Gasteiger partial charge in [0.25, 0.3) is 0 Å². The van der Waals surface area contributed by atoms with E-state index in [1.807, 2.05) is 7.05 Å². The number of aliphatic carboxylic acids is 1. The fourth-order valence-corrected chi connectivity index (χ4v) is 0.416. The maximum absolute atomic E-state index is 9.85. The van der Waals surface area contributed by atoms with Gasteiger partial charge in [0.15, 0.2) is 0 Å². The quantitative estimate of drug-likeness (QED) is 0.620. The molecular formula is C8H21NO2. The third-order valence-corrected chi connectivity index (χ3v) is 0.817. The first-order valence-electron chi connectivity index (χ1n) is 4.05. The van der Waals surface area contributed by atoms with Crippen LogP contribution >= 0.6 is 0 Å². The number of rotatable bonds is 4. The van der Waals surface area contributed by atoms with Gasteiger partial charge < -0.3 is 10.4 Å². The van der Waals surface area contributed by atoms with E-state index in [2.05, 4.69) is 19.2 Å². The molecule has 0 spiro atoms. The van der Waals surface area contributed by atoms with Crippen LogP contribution in [0.4, 0.5) is 0 Å². The maximum Gasteiger partial charge on any atom is 0.303 e. The summed E-state index contributed by atoms with van der Waals surface area (Å²) in [5.74, 6) is -0.722.